The zero-order valence-electron chi connectivity index (χ0n) is 10.5. The van der Waals surface area contributed by atoms with Crippen LogP contribution in [0, 0.1) is 11.8 Å². The zero-order chi connectivity index (χ0) is 11.8. The maximum atomic E-state index is 10.7. The van der Waals surface area contributed by atoms with Crippen LogP contribution >= 0.6 is 0 Å². The van der Waals surface area contributed by atoms with Gasteiger partial charge < -0.3 is 9.47 Å². The van der Waals surface area contributed by atoms with Crippen LogP contribution in [-0.4, -0.2) is 24.3 Å². The Morgan fingerprint density at radius 2 is 2.38 bits per heavy atom. The highest BCUT2D eigenvalue weighted by molar-refractivity contribution is 5.65. The van der Waals surface area contributed by atoms with E-state index >= 15 is 0 Å². The van der Waals surface area contributed by atoms with Gasteiger partial charge in [0.1, 0.15) is 0 Å². The minimum atomic E-state index is -0.172. The van der Waals surface area contributed by atoms with Gasteiger partial charge in [-0.3, -0.25) is 4.79 Å². The van der Waals surface area contributed by atoms with Crippen molar-refractivity contribution in [1.29, 1.82) is 0 Å². The summed E-state index contributed by atoms with van der Waals surface area (Å²) in [7, 11) is 0. The van der Waals surface area contributed by atoms with Crippen LogP contribution in [0.1, 0.15) is 46.5 Å². The summed E-state index contributed by atoms with van der Waals surface area (Å²) in [4.78, 5) is 10.7. The lowest BCUT2D eigenvalue weighted by Crippen LogP contribution is -2.26. The van der Waals surface area contributed by atoms with Crippen LogP contribution in [0.3, 0.4) is 0 Å². The quantitative estimate of drug-likeness (QED) is 0.546. The number of carbonyl (C=O) groups excluding carboxylic acids is 1. The van der Waals surface area contributed by atoms with Crippen molar-refractivity contribution >= 4 is 5.97 Å². The third kappa shape index (κ3) is 2.57. The molecule has 0 bridgehead atoms. The maximum Gasteiger partial charge on any atom is 0.302 e. The molecule has 92 valence electrons. The molecule has 0 aromatic carbocycles. The number of epoxide rings is 1. The zero-order valence-corrected chi connectivity index (χ0v) is 10.5. The molecule has 1 saturated carbocycles. The van der Waals surface area contributed by atoms with Gasteiger partial charge >= 0.3 is 5.97 Å². The summed E-state index contributed by atoms with van der Waals surface area (Å²) in [5.41, 5.74) is 0.214. The molecule has 4 unspecified atom stereocenters. The normalized spacial score (nSPS) is 38.7. The van der Waals surface area contributed by atoms with E-state index in [4.69, 9.17) is 9.47 Å². The Morgan fingerprint density at radius 1 is 1.62 bits per heavy atom. The number of hydrogen-bond acceptors (Lipinski definition) is 3. The molecule has 1 saturated heterocycles. The number of ether oxygens (including phenoxy) is 2. The molecule has 3 heteroatoms. The van der Waals surface area contributed by atoms with Gasteiger partial charge in [0.05, 0.1) is 18.3 Å². The van der Waals surface area contributed by atoms with Gasteiger partial charge in [-0.25, -0.2) is 0 Å². The molecular formula is C13H22O3. The molecule has 0 spiro atoms. The van der Waals surface area contributed by atoms with Crippen molar-refractivity contribution < 1.29 is 14.3 Å². The van der Waals surface area contributed by atoms with Crippen molar-refractivity contribution in [3.05, 3.63) is 0 Å². The minimum absolute atomic E-state index is 0.172. The second-order valence-corrected chi connectivity index (χ2v) is 5.56. The first kappa shape index (κ1) is 11.9. The Balaban J connectivity index is 1.70. The van der Waals surface area contributed by atoms with Crippen LogP contribution in [-0.2, 0) is 14.3 Å². The van der Waals surface area contributed by atoms with E-state index in [2.05, 4.69) is 13.8 Å². The van der Waals surface area contributed by atoms with Gasteiger partial charge in [0.25, 0.3) is 0 Å². The van der Waals surface area contributed by atoms with Gasteiger partial charge in [0.15, 0.2) is 0 Å². The number of esters is 1. The Morgan fingerprint density at radius 3 is 3.00 bits per heavy atom. The molecule has 2 rings (SSSR count). The third-order valence-electron chi connectivity index (χ3n) is 4.25. The van der Waals surface area contributed by atoms with Crippen LogP contribution in [0.5, 0.6) is 0 Å². The largest absolute Gasteiger partial charge is 0.466 e. The van der Waals surface area contributed by atoms with E-state index in [0.717, 1.165) is 12.3 Å². The SMILES string of the molecule is CC(=O)OCCC(C)C1CCC2(C)OC2C1. The van der Waals surface area contributed by atoms with E-state index in [9.17, 15) is 4.79 Å². The maximum absolute atomic E-state index is 10.7. The fourth-order valence-electron chi connectivity index (χ4n) is 2.81. The Bertz CT molecular complexity index is 276. The van der Waals surface area contributed by atoms with Crippen molar-refractivity contribution in [3.63, 3.8) is 0 Å². The highest BCUT2D eigenvalue weighted by Gasteiger charge is 2.55. The Hall–Kier alpha value is -0.570. The molecule has 3 nitrogen and oxygen atoms in total. The molecule has 0 aromatic heterocycles. The van der Waals surface area contributed by atoms with E-state index in [-0.39, 0.29) is 11.6 Å². The molecule has 16 heavy (non-hydrogen) atoms. The summed E-state index contributed by atoms with van der Waals surface area (Å²) >= 11 is 0. The molecule has 0 amide bonds. The Labute approximate surface area is 97.5 Å². The average Bonchev–Trinajstić information content (AvgIpc) is 2.87. The van der Waals surface area contributed by atoms with Crippen LogP contribution in [0.15, 0.2) is 0 Å². The summed E-state index contributed by atoms with van der Waals surface area (Å²) in [6.45, 7) is 6.52. The summed E-state index contributed by atoms with van der Waals surface area (Å²) in [5, 5.41) is 0. The van der Waals surface area contributed by atoms with Crippen molar-refractivity contribution in [2.24, 2.45) is 11.8 Å². The van der Waals surface area contributed by atoms with E-state index in [1.807, 2.05) is 0 Å². The van der Waals surface area contributed by atoms with Gasteiger partial charge in [-0.05, 0) is 44.4 Å². The standard InChI is InChI=1S/C13H22O3/c1-9(5-7-15-10(2)14)11-4-6-13(3)12(8-11)16-13/h9,11-12H,4-8H2,1-3H3. The molecule has 0 radical (unpaired) electrons. The second-order valence-electron chi connectivity index (χ2n) is 5.56. The molecule has 0 aromatic rings. The van der Waals surface area contributed by atoms with E-state index in [0.29, 0.717) is 18.6 Å². The first-order chi connectivity index (χ1) is 7.51. The van der Waals surface area contributed by atoms with Crippen molar-refractivity contribution in [3.8, 4) is 0 Å². The van der Waals surface area contributed by atoms with E-state index in [1.54, 1.807) is 0 Å². The number of rotatable bonds is 4. The summed E-state index contributed by atoms with van der Waals surface area (Å²) in [5.74, 6) is 1.21. The number of fused-ring (bicyclic) bond motifs is 1. The van der Waals surface area contributed by atoms with Crippen molar-refractivity contribution in [1.82, 2.24) is 0 Å². The molecule has 2 fully saturated rings. The van der Waals surface area contributed by atoms with Gasteiger partial charge in [-0.15, -0.1) is 0 Å². The van der Waals surface area contributed by atoms with Crippen LogP contribution in [0.4, 0.5) is 0 Å². The second kappa shape index (κ2) is 4.36. The van der Waals surface area contributed by atoms with Gasteiger partial charge in [0, 0.05) is 6.92 Å². The highest BCUT2D eigenvalue weighted by atomic mass is 16.6. The summed E-state index contributed by atoms with van der Waals surface area (Å²) in [6.07, 6.45) is 5.13. The third-order valence-corrected chi connectivity index (χ3v) is 4.25. The van der Waals surface area contributed by atoms with Gasteiger partial charge in [-0.1, -0.05) is 6.92 Å². The predicted molar refractivity (Wildman–Crippen MR) is 61.0 cm³/mol. The minimum Gasteiger partial charge on any atom is -0.466 e. The summed E-state index contributed by atoms with van der Waals surface area (Å²) in [6, 6.07) is 0. The van der Waals surface area contributed by atoms with Crippen LogP contribution < -0.4 is 0 Å². The molecule has 2 aliphatic rings. The lowest BCUT2D eigenvalue weighted by atomic mass is 9.76. The first-order valence-corrected chi connectivity index (χ1v) is 6.32. The molecule has 1 aliphatic carbocycles. The number of hydrogen-bond donors (Lipinski definition) is 0. The fourth-order valence-corrected chi connectivity index (χ4v) is 2.81. The Kier molecular flexibility index (Phi) is 3.24. The highest BCUT2D eigenvalue weighted by Crippen LogP contribution is 2.50. The lowest BCUT2D eigenvalue weighted by molar-refractivity contribution is -0.141. The molecule has 1 heterocycles. The van der Waals surface area contributed by atoms with E-state index < -0.39 is 0 Å². The van der Waals surface area contributed by atoms with Gasteiger partial charge in [0.2, 0.25) is 0 Å². The van der Waals surface area contributed by atoms with E-state index in [1.165, 1.54) is 26.2 Å². The van der Waals surface area contributed by atoms with Crippen molar-refractivity contribution in [2.45, 2.75) is 58.2 Å². The summed E-state index contributed by atoms with van der Waals surface area (Å²) < 4.78 is 10.7. The van der Waals surface area contributed by atoms with Crippen LogP contribution in [0.2, 0.25) is 0 Å². The van der Waals surface area contributed by atoms with Crippen molar-refractivity contribution in [2.75, 3.05) is 6.61 Å². The van der Waals surface area contributed by atoms with Gasteiger partial charge in [-0.2, -0.15) is 0 Å². The van der Waals surface area contributed by atoms with Crippen LogP contribution in [0.25, 0.3) is 0 Å². The molecular weight excluding hydrogens is 204 g/mol. The lowest BCUT2D eigenvalue weighted by Gasteiger charge is -2.27. The fraction of sp³-hybridized carbons (Fsp3) is 0.923. The topological polar surface area (TPSA) is 38.8 Å². The predicted octanol–water partition coefficient (Wildman–Crippen LogP) is 2.53. The monoisotopic (exact) mass is 226 g/mol. The molecule has 4 atom stereocenters. The average molecular weight is 226 g/mol. The molecule has 0 N–H and O–H groups in total. The number of carbonyl (C=O) groups is 1. The smallest absolute Gasteiger partial charge is 0.302 e. The molecule has 1 aliphatic heterocycles. The first-order valence-electron chi connectivity index (χ1n) is 6.32.